The second-order valence-corrected chi connectivity index (χ2v) is 3.31. The molecule has 86 valence electrons. The van der Waals surface area contributed by atoms with Crippen molar-refractivity contribution in [1.82, 2.24) is 5.32 Å². The Hall–Kier alpha value is -1.54. The fourth-order valence-corrected chi connectivity index (χ4v) is 1.27. The molecular formula is C14H19NO. The van der Waals surface area contributed by atoms with Gasteiger partial charge in [-0.15, -0.1) is 0 Å². The summed E-state index contributed by atoms with van der Waals surface area (Å²) in [5.41, 5.74) is 2.26. The molecule has 0 amide bonds. The zero-order valence-corrected chi connectivity index (χ0v) is 9.94. The van der Waals surface area contributed by atoms with E-state index in [9.17, 15) is 0 Å². The lowest BCUT2D eigenvalue weighted by molar-refractivity contribution is 0.177. The maximum absolute atomic E-state index is 5.27. The fourth-order valence-electron chi connectivity index (χ4n) is 1.27. The van der Waals surface area contributed by atoms with E-state index >= 15 is 0 Å². The lowest BCUT2D eigenvalue weighted by atomic mass is 10.2. The third-order valence-electron chi connectivity index (χ3n) is 2.17. The van der Waals surface area contributed by atoms with Crippen LogP contribution in [0.4, 0.5) is 0 Å². The zero-order chi connectivity index (χ0) is 11.6. The number of hydrogen-bond donors (Lipinski definition) is 1. The summed E-state index contributed by atoms with van der Waals surface area (Å²) < 4.78 is 5.27. The highest BCUT2D eigenvalue weighted by molar-refractivity contribution is 5.52. The van der Waals surface area contributed by atoms with Crippen molar-refractivity contribution < 1.29 is 4.74 Å². The van der Waals surface area contributed by atoms with E-state index in [4.69, 9.17) is 4.74 Å². The molecule has 0 saturated heterocycles. The van der Waals surface area contributed by atoms with Crippen LogP contribution in [0.1, 0.15) is 12.5 Å². The van der Waals surface area contributed by atoms with Gasteiger partial charge in [-0.1, -0.05) is 36.4 Å². The Kier molecular flexibility index (Phi) is 6.04. The lowest BCUT2D eigenvalue weighted by Crippen LogP contribution is -2.04. The van der Waals surface area contributed by atoms with E-state index in [-0.39, 0.29) is 0 Å². The van der Waals surface area contributed by atoms with Crippen LogP contribution in [0.2, 0.25) is 0 Å². The monoisotopic (exact) mass is 217 g/mol. The number of likely N-dealkylation sites (N-methyl/N-ethyl adjacent to an activating group) is 1. The van der Waals surface area contributed by atoms with Crippen molar-refractivity contribution >= 4 is 6.08 Å². The van der Waals surface area contributed by atoms with Gasteiger partial charge in [0, 0.05) is 19.4 Å². The fraction of sp³-hybridized carbons (Fsp3) is 0.286. The molecule has 1 aromatic rings. The number of hydrogen-bond acceptors (Lipinski definition) is 2. The second kappa shape index (κ2) is 7.71. The quantitative estimate of drug-likeness (QED) is 0.584. The number of ether oxygens (including phenoxy) is 1. The summed E-state index contributed by atoms with van der Waals surface area (Å²) in [6.45, 7) is 3.38. The van der Waals surface area contributed by atoms with E-state index in [0.717, 1.165) is 12.3 Å². The van der Waals surface area contributed by atoms with E-state index in [2.05, 4.69) is 23.5 Å². The molecule has 0 aliphatic rings. The lowest BCUT2D eigenvalue weighted by Gasteiger charge is -2.01. The standard InChI is InChI=1S/C14H19NO/c1-3-16-12-11-14(15-2)10-9-13-7-5-4-6-8-13/h4-11,15H,3,12H2,1-2H3/b10-9+,14-11-. The van der Waals surface area contributed by atoms with E-state index in [1.807, 2.05) is 44.3 Å². The van der Waals surface area contributed by atoms with Crippen molar-refractivity contribution in [1.29, 1.82) is 0 Å². The van der Waals surface area contributed by atoms with Gasteiger partial charge in [0.25, 0.3) is 0 Å². The Labute approximate surface area is 97.6 Å². The highest BCUT2D eigenvalue weighted by Crippen LogP contribution is 2.03. The molecule has 1 aromatic carbocycles. The first-order valence-electron chi connectivity index (χ1n) is 5.55. The van der Waals surface area contributed by atoms with E-state index in [0.29, 0.717) is 6.61 Å². The van der Waals surface area contributed by atoms with Crippen LogP contribution in [0.3, 0.4) is 0 Å². The van der Waals surface area contributed by atoms with Crippen LogP contribution < -0.4 is 5.32 Å². The van der Waals surface area contributed by atoms with Crippen molar-refractivity contribution in [2.45, 2.75) is 6.92 Å². The number of nitrogens with one attached hydrogen (secondary N) is 1. The maximum Gasteiger partial charge on any atom is 0.0670 e. The molecule has 0 atom stereocenters. The van der Waals surface area contributed by atoms with Gasteiger partial charge in [-0.2, -0.15) is 0 Å². The molecule has 0 radical (unpaired) electrons. The van der Waals surface area contributed by atoms with Gasteiger partial charge in [-0.25, -0.2) is 0 Å². The Balaban J connectivity index is 2.56. The molecule has 0 aliphatic carbocycles. The number of rotatable bonds is 6. The molecule has 0 spiro atoms. The largest absolute Gasteiger partial charge is 0.388 e. The molecule has 0 saturated carbocycles. The second-order valence-electron chi connectivity index (χ2n) is 3.31. The third-order valence-corrected chi connectivity index (χ3v) is 2.17. The molecule has 2 heteroatoms. The summed E-state index contributed by atoms with van der Waals surface area (Å²) in [7, 11) is 1.91. The molecule has 1 N–H and O–H groups in total. The SMILES string of the molecule is CCOC/C=C(/C=C/c1ccccc1)NC. The van der Waals surface area contributed by atoms with Crippen LogP contribution in [0.5, 0.6) is 0 Å². The normalized spacial score (nSPS) is 12.0. The van der Waals surface area contributed by atoms with Crippen molar-refractivity contribution in [2.75, 3.05) is 20.3 Å². The van der Waals surface area contributed by atoms with Gasteiger partial charge in [0.1, 0.15) is 0 Å². The first-order valence-corrected chi connectivity index (χ1v) is 5.55. The van der Waals surface area contributed by atoms with Crippen molar-refractivity contribution in [3.63, 3.8) is 0 Å². The molecular weight excluding hydrogens is 198 g/mol. The highest BCUT2D eigenvalue weighted by atomic mass is 16.5. The molecule has 0 unspecified atom stereocenters. The summed E-state index contributed by atoms with van der Waals surface area (Å²) in [5.74, 6) is 0. The zero-order valence-electron chi connectivity index (χ0n) is 9.94. The van der Waals surface area contributed by atoms with Gasteiger partial charge in [-0.3, -0.25) is 0 Å². The van der Waals surface area contributed by atoms with Crippen molar-refractivity contribution in [3.05, 3.63) is 53.7 Å². The number of benzene rings is 1. The Morgan fingerprint density at radius 3 is 2.69 bits per heavy atom. The van der Waals surface area contributed by atoms with Crippen LogP contribution in [0.25, 0.3) is 6.08 Å². The molecule has 0 bridgehead atoms. The van der Waals surface area contributed by atoms with Crippen molar-refractivity contribution in [2.24, 2.45) is 0 Å². The minimum atomic E-state index is 0.645. The molecule has 0 aliphatic heterocycles. The summed E-state index contributed by atoms with van der Waals surface area (Å²) >= 11 is 0. The molecule has 0 aromatic heterocycles. The highest BCUT2D eigenvalue weighted by Gasteiger charge is 1.88. The predicted molar refractivity (Wildman–Crippen MR) is 69.1 cm³/mol. The average molecular weight is 217 g/mol. The van der Waals surface area contributed by atoms with Gasteiger partial charge in [-0.05, 0) is 24.6 Å². The molecule has 2 nitrogen and oxygen atoms in total. The summed E-state index contributed by atoms with van der Waals surface area (Å²) in [4.78, 5) is 0. The molecule has 1 rings (SSSR count). The first kappa shape index (κ1) is 12.5. The predicted octanol–water partition coefficient (Wildman–Crippen LogP) is 2.84. The molecule has 0 fully saturated rings. The minimum Gasteiger partial charge on any atom is -0.388 e. The third kappa shape index (κ3) is 4.80. The van der Waals surface area contributed by atoms with Crippen LogP contribution in [-0.2, 0) is 4.74 Å². The van der Waals surface area contributed by atoms with Gasteiger partial charge in [0.05, 0.1) is 6.61 Å². The molecule has 16 heavy (non-hydrogen) atoms. The van der Waals surface area contributed by atoms with Crippen LogP contribution >= 0.6 is 0 Å². The van der Waals surface area contributed by atoms with E-state index < -0.39 is 0 Å². The van der Waals surface area contributed by atoms with Crippen LogP contribution in [-0.4, -0.2) is 20.3 Å². The Morgan fingerprint density at radius 2 is 2.06 bits per heavy atom. The van der Waals surface area contributed by atoms with Gasteiger partial charge in [0.15, 0.2) is 0 Å². The summed E-state index contributed by atoms with van der Waals surface area (Å²) in [6, 6.07) is 10.2. The topological polar surface area (TPSA) is 21.3 Å². The summed E-state index contributed by atoms with van der Waals surface area (Å²) in [6.07, 6.45) is 6.16. The molecule has 0 heterocycles. The first-order chi connectivity index (χ1) is 7.86. The van der Waals surface area contributed by atoms with Gasteiger partial charge in [0.2, 0.25) is 0 Å². The van der Waals surface area contributed by atoms with Crippen molar-refractivity contribution in [3.8, 4) is 0 Å². The number of allylic oxidation sites excluding steroid dienone is 1. The van der Waals surface area contributed by atoms with Gasteiger partial charge >= 0.3 is 0 Å². The summed E-state index contributed by atoms with van der Waals surface area (Å²) in [5, 5.41) is 3.13. The van der Waals surface area contributed by atoms with E-state index in [1.165, 1.54) is 5.56 Å². The van der Waals surface area contributed by atoms with Crippen LogP contribution in [0.15, 0.2) is 48.2 Å². The van der Waals surface area contributed by atoms with E-state index in [1.54, 1.807) is 0 Å². The van der Waals surface area contributed by atoms with Gasteiger partial charge < -0.3 is 10.1 Å². The average Bonchev–Trinajstić information content (AvgIpc) is 2.35. The minimum absolute atomic E-state index is 0.645. The van der Waals surface area contributed by atoms with Crippen LogP contribution in [0, 0.1) is 0 Å². The maximum atomic E-state index is 5.27. The Bertz CT molecular complexity index is 341. The Morgan fingerprint density at radius 1 is 1.31 bits per heavy atom. The smallest absolute Gasteiger partial charge is 0.0670 e.